The second-order valence-corrected chi connectivity index (χ2v) is 3.55. The maximum atomic E-state index is 12.8. The Morgan fingerprint density at radius 2 is 1.94 bits per heavy atom. The van der Waals surface area contributed by atoms with Gasteiger partial charge in [-0.05, 0) is 12.1 Å². The third-order valence-corrected chi connectivity index (χ3v) is 2.32. The second-order valence-electron chi connectivity index (χ2n) is 3.55. The fraction of sp³-hybridized carbons (Fsp3) is 0.0909. The number of amides is 1. The van der Waals surface area contributed by atoms with Gasteiger partial charge in [0.2, 0.25) is 0 Å². The van der Waals surface area contributed by atoms with Crippen molar-refractivity contribution in [2.45, 2.75) is 6.18 Å². The highest BCUT2D eigenvalue weighted by molar-refractivity contribution is 5.92. The number of carbonyl (C=O) groups excluding carboxylic acids is 1. The van der Waals surface area contributed by atoms with Gasteiger partial charge in [0, 0.05) is 6.20 Å². The number of alkyl halides is 3. The summed E-state index contributed by atoms with van der Waals surface area (Å²) in [6.07, 6.45) is -2.21. The summed E-state index contributed by atoms with van der Waals surface area (Å²) in [6.45, 7) is 0. The first kappa shape index (κ1) is 12.2. The van der Waals surface area contributed by atoms with Crippen LogP contribution in [-0.2, 0) is 6.18 Å². The van der Waals surface area contributed by atoms with Crippen LogP contribution < -0.4 is 5.73 Å². The van der Waals surface area contributed by atoms with E-state index in [9.17, 15) is 18.0 Å². The van der Waals surface area contributed by atoms with E-state index in [4.69, 9.17) is 5.73 Å². The predicted molar refractivity (Wildman–Crippen MR) is 57.1 cm³/mol. The number of primary amides is 1. The van der Waals surface area contributed by atoms with Gasteiger partial charge in [0.25, 0.3) is 5.91 Å². The van der Waals surface area contributed by atoms with Crippen molar-refractivity contribution < 1.29 is 18.0 Å². The molecular formula is C11H8F3N3O. The minimum Gasteiger partial charge on any atom is -0.366 e. The Hall–Kier alpha value is -2.31. The number of hydrogen-bond donors (Lipinski definition) is 1. The van der Waals surface area contributed by atoms with Crippen LogP contribution in [0.5, 0.6) is 0 Å². The summed E-state index contributed by atoms with van der Waals surface area (Å²) in [6, 6.07) is 4.95. The van der Waals surface area contributed by atoms with Crippen LogP contribution in [0.4, 0.5) is 13.2 Å². The number of benzene rings is 1. The Kier molecular flexibility index (Phi) is 2.82. The van der Waals surface area contributed by atoms with Gasteiger partial charge >= 0.3 is 6.18 Å². The lowest BCUT2D eigenvalue weighted by Crippen LogP contribution is -2.11. The highest BCUT2D eigenvalue weighted by atomic mass is 19.4. The van der Waals surface area contributed by atoms with Gasteiger partial charge in [0.15, 0.2) is 0 Å². The van der Waals surface area contributed by atoms with Crippen LogP contribution in [0.3, 0.4) is 0 Å². The maximum Gasteiger partial charge on any atom is 0.418 e. The van der Waals surface area contributed by atoms with Gasteiger partial charge in [-0.15, -0.1) is 0 Å². The van der Waals surface area contributed by atoms with Crippen LogP contribution >= 0.6 is 0 Å². The van der Waals surface area contributed by atoms with E-state index in [0.717, 1.165) is 23.1 Å². The molecular weight excluding hydrogens is 247 g/mol. The summed E-state index contributed by atoms with van der Waals surface area (Å²) in [4.78, 5) is 10.9. The molecule has 18 heavy (non-hydrogen) atoms. The minimum absolute atomic E-state index is 0.0481. The first-order chi connectivity index (χ1) is 8.39. The normalized spacial score (nSPS) is 11.5. The molecule has 7 heteroatoms. The van der Waals surface area contributed by atoms with Crippen molar-refractivity contribution in [2.24, 2.45) is 5.73 Å². The molecule has 0 bridgehead atoms. The zero-order valence-corrected chi connectivity index (χ0v) is 8.98. The monoisotopic (exact) mass is 255 g/mol. The topological polar surface area (TPSA) is 60.9 Å². The molecule has 94 valence electrons. The molecule has 2 aromatic rings. The van der Waals surface area contributed by atoms with Crippen LogP contribution in [0.15, 0.2) is 36.7 Å². The highest BCUT2D eigenvalue weighted by Gasteiger charge is 2.33. The number of nitrogens with two attached hydrogens (primary N) is 1. The Balaban J connectivity index is 2.53. The molecule has 0 saturated carbocycles. The summed E-state index contributed by atoms with van der Waals surface area (Å²) < 4.78 is 39.3. The second kappa shape index (κ2) is 4.17. The summed E-state index contributed by atoms with van der Waals surface area (Å²) in [7, 11) is 0. The van der Waals surface area contributed by atoms with Crippen LogP contribution in [0.2, 0.25) is 0 Å². The van der Waals surface area contributed by atoms with Crippen LogP contribution in [0, 0.1) is 0 Å². The fourth-order valence-electron chi connectivity index (χ4n) is 1.49. The molecule has 1 heterocycles. The lowest BCUT2D eigenvalue weighted by atomic mass is 10.1. The number of carbonyl (C=O) groups is 1. The van der Waals surface area contributed by atoms with Crippen LogP contribution in [0.25, 0.3) is 5.69 Å². The molecule has 0 spiro atoms. The van der Waals surface area contributed by atoms with Crippen molar-refractivity contribution >= 4 is 5.91 Å². The molecule has 2 N–H and O–H groups in total. The Morgan fingerprint density at radius 1 is 1.28 bits per heavy atom. The van der Waals surface area contributed by atoms with E-state index in [0.29, 0.717) is 0 Å². The molecule has 0 fully saturated rings. The summed E-state index contributed by atoms with van der Waals surface area (Å²) in [5.41, 5.74) is 4.08. The molecule has 4 nitrogen and oxygen atoms in total. The maximum absolute atomic E-state index is 12.8. The van der Waals surface area contributed by atoms with Crippen LogP contribution in [-0.4, -0.2) is 15.7 Å². The molecule has 0 aliphatic rings. The molecule has 0 aliphatic heterocycles. The van der Waals surface area contributed by atoms with Crippen molar-refractivity contribution in [2.75, 3.05) is 0 Å². The number of para-hydroxylation sites is 1. The zero-order valence-electron chi connectivity index (χ0n) is 8.98. The Bertz CT molecular complexity index is 589. The van der Waals surface area contributed by atoms with Crippen LogP contribution in [0.1, 0.15) is 15.9 Å². The molecule has 1 amide bonds. The van der Waals surface area contributed by atoms with Gasteiger partial charge in [-0.25, -0.2) is 4.68 Å². The quantitative estimate of drug-likeness (QED) is 0.892. The third-order valence-electron chi connectivity index (χ3n) is 2.32. The first-order valence-electron chi connectivity index (χ1n) is 4.90. The minimum atomic E-state index is -4.49. The molecule has 0 saturated heterocycles. The van der Waals surface area contributed by atoms with Gasteiger partial charge in [-0.1, -0.05) is 12.1 Å². The summed E-state index contributed by atoms with van der Waals surface area (Å²) in [5.74, 6) is -0.745. The molecule has 0 atom stereocenters. The third kappa shape index (κ3) is 2.20. The van der Waals surface area contributed by atoms with Gasteiger partial charge in [-0.2, -0.15) is 18.3 Å². The molecule has 2 rings (SSSR count). The largest absolute Gasteiger partial charge is 0.418 e. The van der Waals surface area contributed by atoms with Gasteiger partial charge in [0.05, 0.1) is 23.0 Å². The van der Waals surface area contributed by atoms with Crippen molar-refractivity contribution in [1.29, 1.82) is 0 Å². The van der Waals surface area contributed by atoms with Crippen molar-refractivity contribution in [1.82, 2.24) is 9.78 Å². The van der Waals surface area contributed by atoms with E-state index >= 15 is 0 Å². The number of rotatable bonds is 2. The van der Waals surface area contributed by atoms with E-state index in [2.05, 4.69) is 5.10 Å². The van der Waals surface area contributed by atoms with E-state index in [1.165, 1.54) is 18.2 Å². The van der Waals surface area contributed by atoms with E-state index in [-0.39, 0.29) is 11.3 Å². The molecule has 1 aromatic heterocycles. The van der Waals surface area contributed by atoms with E-state index in [1.54, 1.807) is 0 Å². The SMILES string of the molecule is NC(=O)c1cnn(-c2ccccc2C(F)(F)F)c1. The molecule has 0 unspecified atom stereocenters. The average Bonchev–Trinajstić information content (AvgIpc) is 2.77. The number of aromatic nitrogens is 2. The van der Waals surface area contributed by atoms with Crippen molar-refractivity contribution in [3.63, 3.8) is 0 Å². The lowest BCUT2D eigenvalue weighted by Gasteiger charge is -2.12. The number of hydrogen-bond acceptors (Lipinski definition) is 2. The molecule has 0 radical (unpaired) electrons. The number of halogens is 3. The zero-order chi connectivity index (χ0) is 13.3. The molecule has 0 aliphatic carbocycles. The van der Waals surface area contributed by atoms with Gasteiger partial charge < -0.3 is 5.73 Å². The van der Waals surface area contributed by atoms with E-state index in [1.807, 2.05) is 0 Å². The summed E-state index contributed by atoms with van der Waals surface area (Å²) in [5, 5.41) is 3.70. The molecule has 1 aromatic carbocycles. The number of nitrogens with zero attached hydrogens (tertiary/aromatic N) is 2. The standard InChI is InChI=1S/C11H8F3N3O/c12-11(13,14)8-3-1-2-4-9(8)17-6-7(5-16-17)10(15)18/h1-6H,(H2,15,18). The lowest BCUT2D eigenvalue weighted by molar-refractivity contribution is -0.137. The van der Waals surface area contributed by atoms with Crippen molar-refractivity contribution in [3.05, 3.63) is 47.8 Å². The Morgan fingerprint density at radius 3 is 2.50 bits per heavy atom. The van der Waals surface area contributed by atoms with Crippen molar-refractivity contribution in [3.8, 4) is 5.69 Å². The van der Waals surface area contributed by atoms with Gasteiger partial charge in [0.1, 0.15) is 0 Å². The first-order valence-corrected chi connectivity index (χ1v) is 4.90. The predicted octanol–water partition coefficient (Wildman–Crippen LogP) is 1.99. The fourth-order valence-corrected chi connectivity index (χ4v) is 1.49. The smallest absolute Gasteiger partial charge is 0.366 e. The highest BCUT2D eigenvalue weighted by Crippen LogP contribution is 2.33. The Labute approximate surface area is 99.8 Å². The summed E-state index contributed by atoms with van der Waals surface area (Å²) >= 11 is 0. The van der Waals surface area contributed by atoms with Gasteiger partial charge in [-0.3, -0.25) is 4.79 Å². The average molecular weight is 255 g/mol. The van der Waals surface area contributed by atoms with E-state index < -0.39 is 17.6 Å².